The van der Waals surface area contributed by atoms with Crippen LogP contribution >= 0.6 is 0 Å². The van der Waals surface area contributed by atoms with Crippen LogP contribution in [0.3, 0.4) is 0 Å². The van der Waals surface area contributed by atoms with Gasteiger partial charge in [0.2, 0.25) is 0 Å². The van der Waals surface area contributed by atoms with Crippen LogP contribution in [-0.2, 0) is 4.74 Å². The molecule has 0 aromatic heterocycles. The quantitative estimate of drug-likeness (QED) is 0.862. The van der Waals surface area contributed by atoms with Gasteiger partial charge in [0, 0.05) is 19.1 Å². The molecule has 0 aromatic rings. The largest absolute Gasteiger partial charge is 0.444 e. The molecule has 1 unspecified atom stereocenters. The zero-order chi connectivity index (χ0) is 15.3. The molecule has 0 radical (unpaired) electrons. The number of amides is 1. The van der Waals surface area contributed by atoms with Crippen LogP contribution < -0.4 is 5.32 Å². The third-order valence-electron chi connectivity index (χ3n) is 4.54. The first-order chi connectivity index (χ1) is 9.96. The summed E-state index contributed by atoms with van der Waals surface area (Å²) in [7, 11) is 0. The van der Waals surface area contributed by atoms with Crippen LogP contribution in [0.5, 0.6) is 0 Å². The summed E-state index contributed by atoms with van der Waals surface area (Å²) in [5.74, 6) is 0.843. The van der Waals surface area contributed by atoms with Gasteiger partial charge in [0.05, 0.1) is 0 Å². The van der Waals surface area contributed by atoms with E-state index in [4.69, 9.17) is 4.74 Å². The molecule has 2 aliphatic rings. The van der Waals surface area contributed by atoms with E-state index in [0.717, 1.165) is 38.4 Å². The number of hydrogen-bond acceptors (Lipinski definition) is 3. The maximum absolute atomic E-state index is 12.2. The van der Waals surface area contributed by atoms with E-state index >= 15 is 0 Å². The molecule has 4 nitrogen and oxygen atoms in total. The van der Waals surface area contributed by atoms with Gasteiger partial charge >= 0.3 is 6.09 Å². The summed E-state index contributed by atoms with van der Waals surface area (Å²) in [6.07, 6.45) is 8.96. The third kappa shape index (κ3) is 5.50. The number of likely N-dealkylation sites (tertiary alicyclic amines) is 1. The van der Waals surface area contributed by atoms with Gasteiger partial charge in [-0.15, -0.1) is 0 Å². The van der Waals surface area contributed by atoms with E-state index in [0.29, 0.717) is 6.04 Å². The monoisotopic (exact) mass is 296 g/mol. The highest BCUT2D eigenvalue weighted by molar-refractivity contribution is 5.69. The van der Waals surface area contributed by atoms with E-state index in [1.54, 1.807) is 0 Å². The SMILES string of the molecule is CC(C)(C)OC(=O)N1CCCC1CNCC1CCCCC1. The van der Waals surface area contributed by atoms with Crippen molar-refractivity contribution in [2.45, 2.75) is 77.4 Å². The van der Waals surface area contributed by atoms with Crippen molar-refractivity contribution in [1.29, 1.82) is 0 Å². The number of hydrogen-bond donors (Lipinski definition) is 1. The Morgan fingerprint density at radius 1 is 1.10 bits per heavy atom. The highest BCUT2D eigenvalue weighted by atomic mass is 16.6. The molecule has 122 valence electrons. The van der Waals surface area contributed by atoms with Crippen molar-refractivity contribution in [3.05, 3.63) is 0 Å². The predicted octanol–water partition coefficient (Wildman–Crippen LogP) is 3.56. The topological polar surface area (TPSA) is 41.6 Å². The summed E-state index contributed by atoms with van der Waals surface area (Å²) in [5.41, 5.74) is -0.403. The zero-order valence-electron chi connectivity index (χ0n) is 14.0. The third-order valence-corrected chi connectivity index (χ3v) is 4.54. The van der Waals surface area contributed by atoms with Gasteiger partial charge in [-0.05, 0) is 58.9 Å². The van der Waals surface area contributed by atoms with Crippen molar-refractivity contribution < 1.29 is 9.53 Å². The van der Waals surface area contributed by atoms with Crippen molar-refractivity contribution >= 4 is 6.09 Å². The molecule has 1 saturated heterocycles. The number of rotatable bonds is 4. The lowest BCUT2D eigenvalue weighted by Gasteiger charge is -2.29. The molecule has 1 aliphatic heterocycles. The normalized spacial score (nSPS) is 24.3. The highest BCUT2D eigenvalue weighted by Gasteiger charge is 2.31. The van der Waals surface area contributed by atoms with Gasteiger partial charge in [-0.2, -0.15) is 0 Å². The van der Waals surface area contributed by atoms with E-state index in [9.17, 15) is 4.79 Å². The van der Waals surface area contributed by atoms with Crippen LogP contribution in [0.4, 0.5) is 4.79 Å². The second-order valence-corrected chi connectivity index (χ2v) is 7.63. The van der Waals surface area contributed by atoms with Crippen molar-refractivity contribution in [3.63, 3.8) is 0 Å². The molecule has 2 rings (SSSR count). The van der Waals surface area contributed by atoms with Crippen LogP contribution in [-0.4, -0.2) is 42.3 Å². The Bertz CT molecular complexity index is 332. The van der Waals surface area contributed by atoms with Crippen molar-refractivity contribution in [1.82, 2.24) is 10.2 Å². The minimum absolute atomic E-state index is 0.149. The molecule has 0 aromatic carbocycles. The number of nitrogens with one attached hydrogen (secondary N) is 1. The van der Waals surface area contributed by atoms with E-state index in [2.05, 4.69) is 5.32 Å². The second kappa shape index (κ2) is 7.48. The molecule has 1 heterocycles. The smallest absolute Gasteiger partial charge is 0.410 e. The summed E-state index contributed by atoms with van der Waals surface area (Å²) >= 11 is 0. The van der Waals surface area contributed by atoms with E-state index < -0.39 is 5.60 Å². The van der Waals surface area contributed by atoms with Crippen molar-refractivity contribution in [3.8, 4) is 0 Å². The molecule has 4 heteroatoms. The minimum atomic E-state index is -0.403. The predicted molar refractivity (Wildman–Crippen MR) is 85.4 cm³/mol. The average molecular weight is 296 g/mol. The Labute approximate surface area is 129 Å². The lowest BCUT2D eigenvalue weighted by atomic mass is 9.89. The maximum atomic E-state index is 12.2. The summed E-state index contributed by atoms with van der Waals surface area (Å²) in [6, 6.07) is 0.309. The van der Waals surface area contributed by atoms with Gasteiger partial charge in [0.25, 0.3) is 0 Å². The molecule has 1 amide bonds. The van der Waals surface area contributed by atoms with Gasteiger partial charge in [-0.25, -0.2) is 4.79 Å². The van der Waals surface area contributed by atoms with E-state index in [1.165, 1.54) is 32.1 Å². The van der Waals surface area contributed by atoms with E-state index in [-0.39, 0.29) is 6.09 Å². The molecule has 1 saturated carbocycles. The summed E-state index contributed by atoms with van der Waals surface area (Å²) in [4.78, 5) is 14.1. The van der Waals surface area contributed by atoms with Crippen LogP contribution in [0, 0.1) is 5.92 Å². The van der Waals surface area contributed by atoms with Crippen LogP contribution in [0.15, 0.2) is 0 Å². The number of carbonyl (C=O) groups is 1. The van der Waals surface area contributed by atoms with Crippen molar-refractivity contribution in [2.75, 3.05) is 19.6 Å². The molecular formula is C17H32N2O2. The van der Waals surface area contributed by atoms with E-state index in [1.807, 2.05) is 25.7 Å². The lowest BCUT2D eigenvalue weighted by molar-refractivity contribution is 0.0226. The second-order valence-electron chi connectivity index (χ2n) is 7.63. The van der Waals surface area contributed by atoms with Crippen molar-refractivity contribution in [2.24, 2.45) is 5.92 Å². The Morgan fingerprint density at radius 2 is 1.81 bits per heavy atom. The summed E-state index contributed by atoms with van der Waals surface area (Å²) in [6.45, 7) is 8.64. The molecular weight excluding hydrogens is 264 g/mol. The number of nitrogens with zero attached hydrogens (tertiary/aromatic N) is 1. The van der Waals surface area contributed by atoms with Crippen LogP contribution in [0.2, 0.25) is 0 Å². The Balaban J connectivity index is 1.72. The lowest BCUT2D eigenvalue weighted by Crippen LogP contribution is -2.44. The Kier molecular flexibility index (Phi) is 5.91. The highest BCUT2D eigenvalue weighted by Crippen LogP contribution is 2.23. The average Bonchev–Trinajstić information content (AvgIpc) is 2.86. The summed E-state index contributed by atoms with van der Waals surface area (Å²) in [5, 5.41) is 3.60. The maximum Gasteiger partial charge on any atom is 0.410 e. The fourth-order valence-corrected chi connectivity index (χ4v) is 3.45. The summed E-state index contributed by atoms with van der Waals surface area (Å²) < 4.78 is 5.51. The molecule has 1 atom stereocenters. The fourth-order valence-electron chi connectivity index (χ4n) is 3.45. The van der Waals surface area contributed by atoms with Gasteiger partial charge in [0.15, 0.2) is 0 Å². The first-order valence-electron chi connectivity index (χ1n) is 8.66. The van der Waals surface area contributed by atoms with Gasteiger partial charge < -0.3 is 15.0 Å². The van der Waals surface area contributed by atoms with Gasteiger partial charge in [-0.3, -0.25) is 0 Å². The minimum Gasteiger partial charge on any atom is -0.444 e. The number of ether oxygens (including phenoxy) is 1. The number of carbonyl (C=O) groups excluding carboxylic acids is 1. The Morgan fingerprint density at radius 3 is 2.48 bits per heavy atom. The van der Waals surface area contributed by atoms with Gasteiger partial charge in [-0.1, -0.05) is 19.3 Å². The first-order valence-corrected chi connectivity index (χ1v) is 8.66. The first kappa shape index (κ1) is 16.6. The molecule has 0 bridgehead atoms. The van der Waals surface area contributed by atoms with Crippen LogP contribution in [0.25, 0.3) is 0 Å². The van der Waals surface area contributed by atoms with Crippen LogP contribution in [0.1, 0.15) is 65.7 Å². The molecule has 1 N–H and O–H groups in total. The Hall–Kier alpha value is -0.770. The molecule has 2 fully saturated rings. The zero-order valence-corrected chi connectivity index (χ0v) is 14.0. The molecule has 1 aliphatic carbocycles. The molecule has 21 heavy (non-hydrogen) atoms. The fraction of sp³-hybridized carbons (Fsp3) is 0.941. The van der Waals surface area contributed by atoms with Gasteiger partial charge in [0.1, 0.15) is 5.60 Å². The molecule has 0 spiro atoms. The standard InChI is InChI=1S/C17H32N2O2/c1-17(2,3)21-16(20)19-11-7-10-15(19)13-18-12-14-8-5-4-6-9-14/h14-15,18H,4-13H2,1-3H3.